The Morgan fingerprint density at radius 2 is 2.23 bits per heavy atom. The molecule has 0 bridgehead atoms. The monoisotopic (exact) mass is 238 g/mol. The van der Waals surface area contributed by atoms with Crippen LogP contribution >= 0.6 is 15.9 Å². The molecule has 0 amide bonds. The fourth-order valence-electron chi connectivity index (χ4n) is 1.74. The van der Waals surface area contributed by atoms with E-state index in [4.69, 9.17) is 0 Å². The fourth-order valence-corrected chi connectivity index (χ4v) is 2.12. The largest absolute Gasteiger partial charge is 0.512 e. The SMILES string of the molecule is CC12C=CC(Br)=CC1=CC=C(O)C2. The lowest BCUT2D eigenvalue weighted by Gasteiger charge is -2.32. The van der Waals surface area contributed by atoms with Crippen LogP contribution in [0.5, 0.6) is 0 Å². The van der Waals surface area contributed by atoms with Crippen molar-refractivity contribution in [3.8, 4) is 0 Å². The minimum Gasteiger partial charge on any atom is -0.512 e. The Labute approximate surface area is 86.3 Å². The lowest BCUT2D eigenvalue weighted by molar-refractivity contribution is 0.335. The third-order valence-corrected chi connectivity index (χ3v) is 3.06. The highest BCUT2D eigenvalue weighted by molar-refractivity contribution is 9.11. The first-order valence-corrected chi connectivity index (χ1v) is 5.06. The fraction of sp³-hybridized carbons (Fsp3) is 0.273. The first-order valence-electron chi connectivity index (χ1n) is 4.27. The van der Waals surface area contributed by atoms with E-state index in [1.807, 2.05) is 12.2 Å². The molecule has 2 aliphatic carbocycles. The molecule has 1 unspecified atom stereocenters. The van der Waals surface area contributed by atoms with Crippen LogP contribution in [0.1, 0.15) is 13.3 Å². The molecule has 2 rings (SSSR count). The summed E-state index contributed by atoms with van der Waals surface area (Å²) in [7, 11) is 0. The summed E-state index contributed by atoms with van der Waals surface area (Å²) < 4.78 is 1.09. The molecule has 13 heavy (non-hydrogen) atoms. The van der Waals surface area contributed by atoms with Crippen molar-refractivity contribution in [2.45, 2.75) is 13.3 Å². The van der Waals surface area contributed by atoms with Crippen molar-refractivity contribution in [3.63, 3.8) is 0 Å². The molecule has 0 aromatic rings. The van der Waals surface area contributed by atoms with Gasteiger partial charge in [-0.3, -0.25) is 0 Å². The van der Waals surface area contributed by atoms with E-state index in [1.54, 1.807) is 6.08 Å². The number of hydrogen-bond donors (Lipinski definition) is 1. The molecule has 0 fully saturated rings. The minimum atomic E-state index is -0.0178. The smallest absolute Gasteiger partial charge is 0.0934 e. The maximum absolute atomic E-state index is 9.43. The Hall–Kier alpha value is -0.760. The molecule has 0 spiro atoms. The quantitative estimate of drug-likeness (QED) is 0.684. The summed E-state index contributed by atoms with van der Waals surface area (Å²) in [6.45, 7) is 2.13. The molecule has 2 heteroatoms. The van der Waals surface area contributed by atoms with Crippen molar-refractivity contribution < 1.29 is 5.11 Å². The van der Waals surface area contributed by atoms with Crippen LogP contribution < -0.4 is 0 Å². The van der Waals surface area contributed by atoms with Gasteiger partial charge in [-0.25, -0.2) is 0 Å². The number of allylic oxidation sites excluding steroid dienone is 8. The Morgan fingerprint density at radius 3 is 3.00 bits per heavy atom. The highest BCUT2D eigenvalue weighted by atomic mass is 79.9. The molecular formula is C11H11BrO. The second-order valence-electron chi connectivity index (χ2n) is 3.74. The predicted octanol–water partition coefficient (Wildman–Crippen LogP) is 3.61. The van der Waals surface area contributed by atoms with E-state index < -0.39 is 0 Å². The van der Waals surface area contributed by atoms with Crippen molar-refractivity contribution in [3.05, 3.63) is 46.2 Å². The predicted molar refractivity (Wildman–Crippen MR) is 57.7 cm³/mol. The van der Waals surface area contributed by atoms with Crippen molar-refractivity contribution in [2.24, 2.45) is 5.41 Å². The molecule has 1 N–H and O–H groups in total. The van der Waals surface area contributed by atoms with Gasteiger partial charge in [-0.15, -0.1) is 0 Å². The molecule has 0 saturated heterocycles. The summed E-state index contributed by atoms with van der Waals surface area (Å²) in [4.78, 5) is 0. The molecule has 0 heterocycles. The average molecular weight is 239 g/mol. The van der Waals surface area contributed by atoms with Crippen LogP contribution in [0.4, 0.5) is 0 Å². The van der Waals surface area contributed by atoms with E-state index in [2.05, 4.69) is 35.0 Å². The van der Waals surface area contributed by atoms with E-state index in [-0.39, 0.29) is 5.41 Å². The zero-order valence-electron chi connectivity index (χ0n) is 7.42. The van der Waals surface area contributed by atoms with Gasteiger partial charge in [0.25, 0.3) is 0 Å². The topological polar surface area (TPSA) is 20.2 Å². The van der Waals surface area contributed by atoms with Crippen molar-refractivity contribution in [2.75, 3.05) is 0 Å². The number of aliphatic hydroxyl groups is 1. The van der Waals surface area contributed by atoms with Gasteiger partial charge in [0, 0.05) is 16.3 Å². The standard InChI is InChI=1S/C11H11BrO/c1-11-5-4-9(12)6-8(11)2-3-10(13)7-11/h2-6,13H,7H2,1H3. The summed E-state index contributed by atoms with van der Waals surface area (Å²) in [6, 6.07) is 0. The van der Waals surface area contributed by atoms with Crippen molar-refractivity contribution >= 4 is 15.9 Å². The van der Waals surface area contributed by atoms with Gasteiger partial charge in [-0.05, 0) is 17.7 Å². The van der Waals surface area contributed by atoms with E-state index >= 15 is 0 Å². The Bertz CT molecular complexity index is 360. The van der Waals surface area contributed by atoms with Crippen LogP contribution in [0.2, 0.25) is 0 Å². The Morgan fingerprint density at radius 1 is 1.46 bits per heavy atom. The number of aliphatic hydroxyl groups excluding tert-OH is 1. The van der Waals surface area contributed by atoms with Gasteiger partial charge in [0.1, 0.15) is 0 Å². The summed E-state index contributed by atoms with van der Waals surface area (Å²) in [5.41, 5.74) is 1.23. The van der Waals surface area contributed by atoms with Gasteiger partial charge in [0.2, 0.25) is 0 Å². The Kier molecular flexibility index (Phi) is 1.95. The van der Waals surface area contributed by atoms with Gasteiger partial charge in [-0.1, -0.05) is 41.1 Å². The van der Waals surface area contributed by atoms with Gasteiger partial charge < -0.3 is 5.11 Å². The van der Waals surface area contributed by atoms with Crippen LogP contribution in [0.25, 0.3) is 0 Å². The third kappa shape index (κ3) is 1.51. The van der Waals surface area contributed by atoms with E-state index in [0.717, 1.165) is 4.48 Å². The first kappa shape index (κ1) is 8.82. The first-order chi connectivity index (χ1) is 6.10. The maximum atomic E-state index is 9.43. The maximum Gasteiger partial charge on any atom is 0.0934 e. The van der Waals surface area contributed by atoms with Gasteiger partial charge in [0.15, 0.2) is 0 Å². The lowest BCUT2D eigenvalue weighted by atomic mass is 9.73. The number of halogens is 1. The number of hydrogen-bond acceptors (Lipinski definition) is 1. The zero-order chi connectivity index (χ0) is 9.47. The molecular weight excluding hydrogens is 228 g/mol. The molecule has 0 radical (unpaired) electrons. The normalized spacial score (nSPS) is 31.7. The second-order valence-corrected chi connectivity index (χ2v) is 4.65. The Balaban J connectivity index is 2.46. The second kappa shape index (κ2) is 2.88. The van der Waals surface area contributed by atoms with Gasteiger partial charge >= 0.3 is 0 Å². The minimum absolute atomic E-state index is 0.0178. The molecule has 2 aliphatic rings. The zero-order valence-corrected chi connectivity index (χ0v) is 9.01. The van der Waals surface area contributed by atoms with E-state index in [9.17, 15) is 5.11 Å². The van der Waals surface area contributed by atoms with Crippen LogP contribution in [-0.4, -0.2) is 5.11 Å². The molecule has 1 nitrogen and oxygen atoms in total. The van der Waals surface area contributed by atoms with Crippen LogP contribution in [-0.2, 0) is 0 Å². The van der Waals surface area contributed by atoms with E-state index in [1.165, 1.54) is 5.57 Å². The number of rotatable bonds is 0. The van der Waals surface area contributed by atoms with E-state index in [0.29, 0.717) is 12.2 Å². The van der Waals surface area contributed by atoms with Crippen LogP contribution in [0.3, 0.4) is 0 Å². The molecule has 0 aromatic carbocycles. The van der Waals surface area contributed by atoms with Crippen LogP contribution in [0.15, 0.2) is 46.2 Å². The summed E-state index contributed by atoms with van der Waals surface area (Å²) in [5.74, 6) is 0.460. The molecule has 1 atom stereocenters. The average Bonchev–Trinajstić information content (AvgIpc) is 2.06. The molecule has 68 valence electrons. The van der Waals surface area contributed by atoms with Gasteiger partial charge in [-0.2, -0.15) is 0 Å². The molecule has 0 aliphatic heterocycles. The third-order valence-electron chi connectivity index (χ3n) is 2.57. The lowest BCUT2D eigenvalue weighted by Crippen LogP contribution is -2.20. The molecule has 0 saturated carbocycles. The van der Waals surface area contributed by atoms with Crippen LogP contribution in [0, 0.1) is 5.41 Å². The highest BCUT2D eigenvalue weighted by Gasteiger charge is 2.30. The summed E-state index contributed by atoms with van der Waals surface area (Å²) >= 11 is 3.44. The van der Waals surface area contributed by atoms with Gasteiger partial charge in [0.05, 0.1) is 5.76 Å². The molecule has 0 aromatic heterocycles. The summed E-state index contributed by atoms with van der Waals surface area (Å²) in [6.07, 6.45) is 10.7. The van der Waals surface area contributed by atoms with Crippen molar-refractivity contribution in [1.82, 2.24) is 0 Å². The summed E-state index contributed by atoms with van der Waals surface area (Å²) in [5, 5.41) is 9.43. The van der Waals surface area contributed by atoms with Crippen molar-refractivity contribution in [1.29, 1.82) is 0 Å². The number of fused-ring (bicyclic) bond motifs is 1. The highest BCUT2D eigenvalue weighted by Crippen LogP contribution is 2.42.